The number of hydrogen-bond acceptors (Lipinski definition) is 8. The van der Waals surface area contributed by atoms with Gasteiger partial charge in [0.1, 0.15) is 12.2 Å². The molecule has 1 fully saturated rings. The van der Waals surface area contributed by atoms with Crippen LogP contribution in [0.15, 0.2) is 73.3 Å². The van der Waals surface area contributed by atoms with Gasteiger partial charge in [-0.2, -0.15) is 0 Å². The molecule has 2 aromatic carbocycles. The van der Waals surface area contributed by atoms with Crippen LogP contribution in [0, 0.1) is 11.8 Å². The summed E-state index contributed by atoms with van der Waals surface area (Å²) in [7, 11) is 0.967. The van der Waals surface area contributed by atoms with Crippen molar-refractivity contribution in [3.05, 3.63) is 84.4 Å². The van der Waals surface area contributed by atoms with E-state index in [2.05, 4.69) is 59.5 Å². The first-order chi connectivity index (χ1) is 22.1. The molecule has 1 aliphatic rings. The molecule has 8 atom stereocenters. The summed E-state index contributed by atoms with van der Waals surface area (Å²) >= 11 is 0. The minimum Gasteiger partial charge on any atom is -0.414 e. The quantitative estimate of drug-likeness (QED) is 0.129. The summed E-state index contributed by atoms with van der Waals surface area (Å²) in [4.78, 5) is 0. The Morgan fingerprint density at radius 2 is 1.45 bits per heavy atom. The Hall–Kier alpha value is -1.92. The lowest BCUT2D eigenvalue weighted by Crippen LogP contribution is -2.68. The molecule has 3 rings (SSSR count). The molecule has 0 aromatic heterocycles. The van der Waals surface area contributed by atoms with Crippen molar-refractivity contribution in [3.63, 3.8) is 0 Å². The third-order valence-corrected chi connectivity index (χ3v) is 14.7. The van der Waals surface area contributed by atoms with Crippen LogP contribution in [-0.4, -0.2) is 76.8 Å². The third-order valence-electron chi connectivity index (χ3n) is 10.2. The molecular formula is C38H60O8Si. The first-order valence-electron chi connectivity index (χ1n) is 16.8. The van der Waals surface area contributed by atoms with E-state index in [0.717, 1.165) is 11.1 Å². The van der Waals surface area contributed by atoms with Crippen molar-refractivity contribution >= 4 is 8.32 Å². The van der Waals surface area contributed by atoms with Crippen LogP contribution in [0.3, 0.4) is 0 Å². The number of benzene rings is 2. The van der Waals surface area contributed by atoms with Crippen LogP contribution >= 0.6 is 0 Å². The van der Waals surface area contributed by atoms with Crippen molar-refractivity contribution in [2.75, 3.05) is 27.4 Å². The van der Waals surface area contributed by atoms with Gasteiger partial charge >= 0.3 is 0 Å². The Bertz CT molecular complexity index is 1210. The summed E-state index contributed by atoms with van der Waals surface area (Å²) in [6.45, 7) is 22.4. The molecule has 47 heavy (non-hydrogen) atoms. The van der Waals surface area contributed by atoms with Crippen molar-refractivity contribution < 1.29 is 38.0 Å². The first kappa shape index (κ1) is 39.5. The van der Waals surface area contributed by atoms with Crippen LogP contribution in [0.5, 0.6) is 0 Å². The monoisotopic (exact) mass is 672 g/mol. The lowest BCUT2D eigenvalue weighted by Gasteiger charge is -2.54. The number of rotatable bonds is 18. The van der Waals surface area contributed by atoms with Crippen LogP contribution < -0.4 is 0 Å². The second kappa shape index (κ2) is 17.1. The highest BCUT2D eigenvalue weighted by atomic mass is 28.4. The highest BCUT2D eigenvalue weighted by Gasteiger charge is 2.58. The second-order valence-corrected chi connectivity index (χ2v) is 19.4. The molecule has 2 aromatic rings. The molecule has 264 valence electrons. The van der Waals surface area contributed by atoms with Crippen molar-refractivity contribution in [2.45, 2.75) is 115 Å². The van der Waals surface area contributed by atoms with Gasteiger partial charge in [0.15, 0.2) is 8.32 Å². The van der Waals surface area contributed by atoms with Gasteiger partial charge in [0.25, 0.3) is 0 Å². The summed E-state index contributed by atoms with van der Waals surface area (Å²) in [5.41, 5.74) is 2.19. The molecule has 0 saturated carbocycles. The van der Waals surface area contributed by atoms with Crippen molar-refractivity contribution in [1.82, 2.24) is 0 Å². The maximum absolute atomic E-state index is 12.0. The standard InChI is InChI=1S/C38H60O8Si/c1-12-31(23-28(2)32(43-25-30-21-17-14-18-22-30)26-42-24-29-19-15-13-16-20-29)34(39)35-33(27-44-47(10,11)36(3,4)5)45-37(6,40-8)38(7,41-9)46-35/h12-22,28,31-35,39H,1,23-27H2,2-11H3/t28-,31+,32+,33-,34+,35+,37+,38+/m1/s1. The van der Waals surface area contributed by atoms with E-state index < -0.39 is 38.2 Å². The zero-order valence-electron chi connectivity index (χ0n) is 30.4. The lowest BCUT2D eigenvalue weighted by atomic mass is 9.84. The molecule has 8 nitrogen and oxygen atoms in total. The Morgan fingerprint density at radius 3 is 1.96 bits per heavy atom. The minimum absolute atomic E-state index is 0.00132. The van der Waals surface area contributed by atoms with Crippen LogP contribution in [0.1, 0.15) is 59.1 Å². The lowest BCUT2D eigenvalue weighted by molar-refractivity contribution is -0.456. The Morgan fingerprint density at radius 1 is 0.915 bits per heavy atom. The van der Waals surface area contributed by atoms with E-state index in [-0.39, 0.29) is 29.6 Å². The van der Waals surface area contributed by atoms with Gasteiger partial charge in [0, 0.05) is 20.1 Å². The Kier molecular flexibility index (Phi) is 14.4. The Balaban J connectivity index is 1.81. The molecule has 0 aliphatic carbocycles. The molecule has 1 saturated heterocycles. The largest absolute Gasteiger partial charge is 0.414 e. The molecule has 9 heteroatoms. The highest BCUT2D eigenvalue weighted by Crippen LogP contribution is 2.43. The van der Waals surface area contributed by atoms with E-state index in [1.54, 1.807) is 34.1 Å². The van der Waals surface area contributed by atoms with Crippen LogP contribution in [0.25, 0.3) is 0 Å². The van der Waals surface area contributed by atoms with E-state index in [1.807, 2.05) is 48.5 Å². The van der Waals surface area contributed by atoms with Gasteiger partial charge in [-0.05, 0) is 55.4 Å². The highest BCUT2D eigenvalue weighted by molar-refractivity contribution is 6.74. The van der Waals surface area contributed by atoms with Crippen molar-refractivity contribution in [1.29, 1.82) is 0 Å². The summed E-state index contributed by atoms with van der Waals surface area (Å²) in [5.74, 6) is -2.86. The summed E-state index contributed by atoms with van der Waals surface area (Å²) in [6, 6.07) is 20.2. The number of aliphatic hydroxyl groups excluding tert-OH is 1. The van der Waals surface area contributed by atoms with Crippen molar-refractivity contribution in [2.24, 2.45) is 11.8 Å². The number of aliphatic hydroxyl groups is 1. The average Bonchev–Trinajstić information content (AvgIpc) is 3.05. The molecule has 0 amide bonds. The zero-order chi connectivity index (χ0) is 34.9. The van der Waals surface area contributed by atoms with E-state index in [4.69, 9.17) is 32.8 Å². The predicted molar refractivity (Wildman–Crippen MR) is 188 cm³/mol. The molecule has 0 bridgehead atoms. The fraction of sp³-hybridized carbons (Fsp3) is 0.632. The fourth-order valence-electron chi connectivity index (χ4n) is 5.52. The fourth-order valence-corrected chi connectivity index (χ4v) is 6.53. The normalized spacial score (nSPS) is 26.4. The van der Waals surface area contributed by atoms with Gasteiger partial charge in [-0.1, -0.05) is 94.4 Å². The molecule has 1 N–H and O–H groups in total. The smallest absolute Gasteiger partial charge is 0.220 e. The predicted octanol–water partition coefficient (Wildman–Crippen LogP) is 7.51. The SMILES string of the molecule is C=C[C@@H](C[C@@H](C)[C@H](COCc1ccccc1)OCc1ccccc1)[C@H](O)[C@H]1O[C@](C)(OC)[C@@](C)(OC)O[C@@H]1CO[Si](C)(C)C(C)(C)C. The molecule has 1 heterocycles. The second-order valence-electron chi connectivity index (χ2n) is 14.5. The minimum atomic E-state index is -2.14. The zero-order valence-corrected chi connectivity index (χ0v) is 31.4. The van der Waals surface area contributed by atoms with Crippen LogP contribution in [0.4, 0.5) is 0 Å². The molecule has 0 unspecified atom stereocenters. The summed E-state index contributed by atoms with van der Waals surface area (Å²) in [6.07, 6.45) is -0.219. The van der Waals surface area contributed by atoms with Gasteiger partial charge in [-0.15, -0.1) is 6.58 Å². The van der Waals surface area contributed by atoms with Crippen molar-refractivity contribution in [3.8, 4) is 0 Å². The Labute approximate surface area is 284 Å². The third kappa shape index (κ3) is 10.3. The topological polar surface area (TPSA) is 84.8 Å². The van der Waals surface area contributed by atoms with E-state index in [0.29, 0.717) is 26.2 Å². The number of ether oxygens (including phenoxy) is 6. The average molecular weight is 673 g/mol. The van der Waals surface area contributed by atoms with E-state index in [1.165, 1.54) is 0 Å². The maximum atomic E-state index is 12.0. The first-order valence-corrected chi connectivity index (χ1v) is 19.7. The number of hydrogen-bond donors (Lipinski definition) is 1. The van der Waals surface area contributed by atoms with Gasteiger partial charge in [-0.3, -0.25) is 0 Å². The number of methoxy groups -OCH3 is 2. The van der Waals surface area contributed by atoms with E-state index in [9.17, 15) is 5.11 Å². The van der Waals surface area contributed by atoms with Gasteiger partial charge in [0.05, 0.1) is 38.6 Å². The van der Waals surface area contributed by atoms with Gasteiger partial charge in [0.2, 0.25) is 11.6 Å². The summed E-state index contributed by atoms with van der Waals surface area (Å²) in [5, 5.41) is 12.0. The maximum Gasteiger partial charge on any atom is 0.220 e. The molecule has 0 spiro atoms. The summed E-state index contributed by atoms with van der Waals surface area (Å²) < 4.78 is 44.1. The molecule has 0 radical (unpaired) electrons. The van der Waals surface area contributed by atoms with E-state index >= 15 is 0 Å². The molecule has 1 aliphatic heterocycles. The van der Waals surface area contributed by atoms with Crippen LogP contribution in [0.2, 0.25) is 18.1 Å². The molecular weight excluding hydrogens is 612 g/mol. The van der Waals surface area contributed by atoms with Gasteiger partial charge in [-0.25, -0.2) is 0 Å². The van der Waals surface area contributed by atoms with Gasteiger partial charge < -0.3 is 38.0 Å². The van der Waals surface area contributed by atoms with Crippen LogP contribution in [-0.2, 0) is 46.1 Å².